The fourth-order valence-corrected chi connectivity index (χ4v) is 5.24. The molecule has 1 rings (SSSR count). The smallest absolute Gasteiger partial charge is 0.306 e. The number of carbonyl (C=O) groups excluding carboxylic acids is 2. The van der Waals surface area contributed by atoms with Crippen LogP contribution in [0.5, 0.6) is 0 Å². The summed E-state index contributed by atoms with van der Waals surface area (Å²) in [7, 11) is 0. The van der Waals surface area contributed by atoms with Gasteiger partial charge in [-0.3, -0.25) is 9.59 Å². The van der Waals surface area contributed by atoms with E-state index in [0.29, 0.717) is 6.42 Å². The number of aliphatic hydroxyl groups is 4. The van der Waals surface area contributed by atoms with Crippen LogP contribution in [0, 0.1) is 0 Å². The van der Waals surface area contributed by atoms with Gasteiger partial charge in [-0.05, 0) is 38.5 Å². The van der Waals surface area contributed by atoms with Gasteiger partial charge in [0.1, 0.15) is 31.0 Å². The molecule has 0 saturated carbocycles. The predicted molar refractivity (Wildman–Crippen MR) is 173 cm³/mol. The molecular weight excluding hydrogens is 580 g/mol. The van der Waals surface area contributed by atoms with E-state index in [0.717, 1.165) is 64.2 Å². The van der Waals surface area contributed by atoms with Gasteiger partial charge in [-0.2, -0.15) is 0 Å². The molecule has 0 aromatic heterocycles. The van der Waals surface area contributed by atoms with E-state index in [2.05, 4.69) is 26.0 Å². The summed E-state index contributed by atoms with van der Waals surface area (Å²) in [5.41, 5.74) is 0. The van der Waals surface area contributed by atoms with Gasteiger partial charge < -0.3 is 39.4 Å². The van der Waals surface area contributed by atoms with Crippen LogP contribution in [0.4, 0.5) is 0 Å². The maximum Gasteiger partial charge on any atom is 0.306 e. The summed E-state index contributed by atoms with van der Waals surface area (Å²) in [4.78, 5) is 24.9. The summed E-state index contributed by atoms with van der Waals surface area (Å²) in [5.74, 6) is -0.830. The van der Waals surface area contributed by atoms with Gasteiger partial charge in [-0.15, -0.1) is 0 Å². The van der Waals surface area contributed by atoms with E-state index in [1.807, 2.05) is 0 Å². The molecule has 0 aromatic carbocycles. The molecule has 1 aliphatic heterocycles. The second-order valence-electron chi connectivity index (χ2n) is 12.3. The molecule has 0 amide bonds. The Bertz CT molecular complexity index is 759. The third-order valence-electron chi connectivity index (χ3n) is 8.15. The van der Waals surface area contributed by atoms with Crippen molar-refractivity contribution in [1.82, 2.24) is 0 Å². The van der Waals surface area contributed by atoms with E-state index in [4.69, 9.17) is 18.9 Å². The van der Waals surface area contributed by atoms with E-state index in [1.54, 1.807) is 0 Å². The number of hydrogen-bond donors (Lipinski definition) is 4. The Kier molecular flexibility index (Phi) is 25.4. The van der Waals surface area contributed by atoms with Crippen molar-refractivity contribution in [2.45, 2.75) is 179 Å². The second kappa shape index (κ2) is 27.5. The second-order valence-corrected chi connectivity index (χ2v) is 12.3. The summed E-state index contributed by atoms with van der Waals surface area (Å²) >= 11 is 0. The molecule has 1 aliphatic rings. The van der Waals surface area contributed by atoms with Gasteiger partial charge in [0.05, 0.1) is 13.2 Å². The highest BCUT2D eigenvalue weighted by molar-refractivity contribution is 5.70. The van der Waals surface area contributed by atoms with Gasteiger partial charge in [0.2, 0.25) is 0 Å². The highest BCUT2D eigenvalue weighted by atomic mass is 16.7. The van der Waals surface area contributed by atoms with Crippen LogP contribution in [0.1, 0.15) is 142 Å². The van der Waals surface area contributed by atoms with E-state index in [1.165, 1.54) is 44.9 Å². The minimum absolute atomic E-state index is 0.219. The summed E-state index contributed by atoms with van der Waals surface area (Å²) in [6, 6.07) is 0. The number of unbranched alkanes of at least 4 members (excludes halogenated alkanes) is 15. The molecule has 1 heterocycles. The number of ether oxygens (including phenoxy) is 4. The number of aliphatic hydroxyl groups excluding tert-OH is 4. The van der Waals surface area contributed by atoms with E-state index in [9.17, 15) is 30.0 Å². The highest BCUT2D eigenvalue weighted by Gasteiger charge is 2.44. The summed E-state index contributed by atoms with van der Waals surface area (Å²) in [5, 5.41) is 39.7. The Morgan fingerprint density at radius 3 is 1.73 bits per heavy atom. The zero-order chi connectivity index (χ0) is 33.1. The first-order chi connectivity index (χ1) is 21.8. The van der Waals surface area contributed by atoms with Crippen LogP contribution in [0.2, 0.25) is 0 Å². The molecule has 0 aromatic rings. The van der Waals surface area contributed by atoms with Crippen LogP contribution < -0.4 is 0 Å². The van der Waals surface area contributed by atoms with Crippen LogP contribution in [-0.2, 0) is 28.5 Å². The maximum absolute atomic E-state index is 12.6. The lowest BCUT2D eigenvalue weighted by atomic mass is 9.99. The lowest BCUT2D eigenvalue weighted by Gasteiger charge is -2.39. The molecule has 45 heavy (non-hydrogen) atoms. The average molecular weight is 645 g/mol. The van der Waals surface area contributed by atoms with E-state index in [-0.39, 0.29) is 26.1 Å². The van der Waals surface area contributed by atoms with Crippen LogP contribution in [0.3, 0.4) is 0 Å². The molecule has 264 valence electrons. The SMILES string of the molecule is CCCCCCCC/C=C\CCCCCCCC(=O)OC(COC(=O)CCCCCCC)CO[C@@H]1O[C@H](CO)[C@H](O)[C@H](O)[C@H]1O. The maximum atomic E-state index is 12.6. The molecule has 1 unspecified atom stereocenters. The molecule has 0 spiro atoms. The Balaban J connectivity index is 2.38. The van der Waals surface area contributed by atoms with Gasteiger partial charge in [-0.1, -0.05) is 103 Å². The lowest BCUT2D eigenvalue weighted by Crippen LogP contribution is -2.59. The predicted octanol–water partition coefficient (Wildman–Crippen LogP) is 5.66. The molecule has 0 radical (unpaired) electrons. The molecule has 4 N–H and O–H groups in total. The number of hydrogen-bond acceptors (Lipinski definition) is 10. The third-order valence-corrected chi connectivity index (χ3v) is 8.15. The fraction of sp³-hybridized carbons (Fsp3) is 0.886. The van der Waals surface area contributed by atoms with Crippen LogP contribution in [0.25, 0.3) is 0 Å². The summed E-state index contributed by atoms with van der Waals surface area (Å²) < 4.78 is 21.9. The van der Waals surface area contributed by atoms with E-state index < -0.39 is 55.4 Å². The van der Waals surface area contributed by atoms with Crippen molar-refractivity contribution in [2.24, 2.45) is 0 Å². The van der Waals surface area contributed by atoms with Crippen molar-refractivity contribution in [3.8, 4) is 0 Å². The van der Waals surface area contributed by atoms with Crippen molar-refractivity contribution >= 4 is 11.9 Å². The van der Waals surface area contributed by atoms with Gasteiger partial charge >= 0.3 is 11.9 Å². The van der Waals surface area contributed by atoms with Crippen LogP contribution in [0.15, 0.2) is 12.2 Å². The normalized spacial score (nSPS) is 22.5. The first-order valence-electron chi connectivity index (χ1n) is 17.8. The molecule has 0 aliphatic carbocycles. The molecular formula is C35H64O10. The first-order valence-corrected chi connectivity index (χ1v) is 17.8. The van der Waals surface area contributed by atoms with Crippen molar-refractivity contribution in [3.05, 3.63) is 12.2 Å². The minimum Gasteiger partial charge on any atom is -0.462 e. The largest absolute Gasteiger partial charge is 0.462 e. The van der Waals surface area contributed by atoms with Crippen LogP contribution >= 0.6 is 0 Å². The molecule has 10 nitrogen and oxygen atoms in total. The minimum atomic E-state index is -1.59. The van der Waals surface area contributed by atoms with E-state index >= 15 is 0 Å². The van der Waals surface area contributed by atoms with Crippen molar-refractivity contribution < 1.29 is 49.0 Å². The molecule has 10 heteroatoms. The van der Waals surface area contributed by atoms with Gasteiger partial charge in [0, 0.05) is 12.8 Å². The van der Waals surface area contributed by atoms with Crippen molar-refractivity contribution in [3.63, 3.8) is 0 Å². The molecule has 1 fully saturated rings. The first kappa shape index (κ1) is 41.5. The topological polar surface area (TPSA) is 152 Å². The zero-order valence-electron chi connectivity index (χ0n) is 28.1. The number of carbonyl (C=O) groups is 2. The number of rotatable bonds is 28. The van der Waals surface area contributed by atoms with Crippen molar-refractivity contribution in [2.75, 3.05) is 19.8 Å². The molecule has 0 bridgehead atoms. The standard InChI is InChI=1S/C35H64O10/c1-3-5-7-9-10-11-12-13-14-15-16-17-18-20-22-24-31(38)44-28(26-42-30(37)23-21-19-8-6-4-2)27-43-35-34(41)33(40)32(39)29(25-36)45-35/h13-14,28-29,32-36,39-41H,3-12,15-27H2,1-2H3/b14-13-/t28?,29-,32+,33+,34-,35-/m1/s1. The van der Waals surface area contributed by atoms with Gasteiger partial charge in [0.15, 0.2) is 12.4 Å². The molecule has 6 atom stereocenters. The van der Waals surface area contributed by atoms with Crippen molar-refractivity contribution in [1.29, 1.82) is 0 Å². The Hall–Kier alpha value is -1.56. The average Bonchev–Trinajstić information content (AvgIpc) is 3.03. The van der Waals surface area contributed by atoms with Gasteiger partial charge in [-0.25, -0.2) is 0 Å². The number of allylic oxidation sites excluding steroid dienone is 2. The Morgan fingerprint density at radius 2 is 1.18 bits per heavy atom. The molecule has 1 saturated heterocycles. The third kappa shape index (κ3) is 20.3. The van der Waals surface area contributed by atoms with Gasteiger partial charge in [0.25, 0.3) is 0 Å². The zero-order valence-corrected chi connectivity index (χ0v) is 28.1. The fourth-order valence-electron chi connectivity index (χ4n) is 5.24. The Morgan fingerprint density at radius 1 is 0.667 bits per heavy atom. The Labute approximate surface area is 271 Å². The highest BCUT2D eigenvalue weighted by Crippen LogP contribution is 2.22. The summed E-state index contributed by atoms with van der Waals surface area (Å²) in [6.07, 6.45) is 17.0. The number of esters is 2. The summed E-state index contributed by atoms with van der Waals surface area (Å²) in [6.45, 7) is 3.28. The monoisotopic (exact) mass is 644 g/mol. The lowest BCUT2D eigenvalue weighted by molar-refractivity contribution is -0.305. The quantitative estimate of drug-likeness (QED) is 0.0477. The van der Waals surface area contributed by atoms with Crippen LogP contribution in [-0.4, -0.2) is 89.0 Å².